The second-order valence-electron chi connectivity index (χ2n) is 4.44. The summed E-state index contributed by atoms with van der Waals surface area (Å²) in [5.74, 6) is 0.256. The van der Waals surface area contributed by atoms with Crippen LogP contribution in [0.2, 0.25) is 0 Å². The van der Waals surface area contributed by atoms with Crippen LogP contribution < -0.4 is 4.74 Å². The maximum absolute atomic E-state index is 9.69. The van der Waals surface area contributed by atoms with Crippen LogP contribution in [0.15, 0.2) is 12.1 Å². The van der Waals surface area contributed by atoms with E-state index in [1.165, 1.54) is 7.11 Å². The van der Waals surface area contributed by atoms with Crippen molar-refractivity contribution < 1.29 is 9.84 Å². The van der Waals surface area contributed by atoms with Crippen LogP contribution in [0.1, 0.15) is 31.9 Å². The van der Waals surface area contributed by atoms with Crippen molar-refractivity contribution >= 4 is 0 Å². The zero-order valence-electron chi connectivity index (χ0n) is 9.46. The van der Waals surface area contributed by atoms with Gasteiger partial charge in [-0.25, -0.2) is 0 Å². The van der Waals surface area contributed by atoms with E-state index in [1.807, 2.05) is 26.8 Å². The van der Waals surface area contributed by atoms with Crippen LogP contribution in [0.5, 0.6) is 11.5 Å². The predicted octanol–water partition coefficient (Wildman–Crippen LogP) is 2.57. The summed E-state index contributed by atoms with van der Waals surface area (Å²) in [7, 11) is 1.44. The highest BCUT2D eigenvalue weighted by molar-refractivity contribution is 5.55. The normalized spacial score (nSPS) is 10.9. The molecule has 0 spiro atoms. The molecule has 1 N–H and O–H groups in total. The summed E-state index contributed by atoms with van der Waals surface area (Å²) in [6.07, 6.45) is 0. The van der Waals surface area contributed by atoms with Gasteiger partial charge in [-0.2, -0.15) is 5.26 Å². The Morgan fingerprint density at radius 2 is 1.93 bits per heavy atom. The number of hydrogen-bond donors (Lipinski definition) is 1. The Kier molecular flexibility index (Phi) is 2.90. The summed E-state index contributed by atoms with van der Waals surface area (Å²) in [6, 6.07) is 5.40. The summed E-state index contributed by atoms with van der Waals surface area (Å²) < 4.78 is 4.96. The van der Waals surface area contributed by atoms with Crippen LogP contribution in [0.25, 0.3) is 0 Å². The third kappa shape index (κ3) is 2.21. The van der Waals surface area contributed by atoms with E-state index in [-0.39, 0.29) is 16.9 Å². The van der Waals surface area contributed by atoms with E-state index in [0.29, 0.717) is 5.56 Å². The standard InChI is InChI=1S/C12H15NO2/c1-12(2,3)9-5-8(7-13)11(15-4)10(14)6-9/h5-6,14H,1-4H3. The monoisotopic (exact) mass is 205 g/mol. The van der Waals surface area contributed by atoms with E-state index in [9.17, 15) is 5.11 Å². The lowest BCUT2D eigenvalue weighted by Crippen LogP contribution is -2.11. The van der Waals surface area contributed by atoms with Crippen LogP contribution in [0, 0.1) is 11.3 Å². The van der Waals surface area contributed by atoms with Gasteiger partial charge in [0.1, 0.15) is 6.07 Å². The molecule has 3 heteroatoms. The maximum Gasteiger partial charge on any atom is 0.178 e. The third-order valence-electron chi connectivity index (χ3n) is 2.26. The Hall–Kier alpha value is -1.69. The fourth-order valence-electron chi connectivity index (χ4n) is 1.34. The first-order chi connectivity index (χ1) is 6.90. The summed E-state index contributed by atoms with van der Waals surface area (Å²) in [4.78, 5) is 0. The van der Waals surface area contributed by atoms with Gasteiger partial charge in [0, 0.05) is 0 Å². The smallest absolute Gasteiger partial charge is 0.178 e. The minimum atomic E-state index is -0.102. The van der Waals surface area contributed by atoms with E-state index in [0.717, 1.165) is 5.56 Å². The number of phenolic OH excluding ortho intramolecular Hbond substituents is 1. The first-order valence-electron chi connectivity index (χ1n) is 4.71. The van der Waals surface area contributed by atoms with Crippen LogP contribution in [-0.4, -0.2) is 12.2 Å². The molecule has 0 aromatic heterocycles. The number of nitriles is 1. The molecular weight excluding hydrogens is 190 g/mol. The number of nitrogens with zero attached hydrogens (tertiary/aromatic N) is 1. The summed E-state index contributed by atoms with van der Waals surface area (Å²) in [6.45, 7) is 6.07. The van der Waals surface area contributed by atoms with E-state index in [4.69, 9.17) is 10.00 Å². The van der Waals surface area contributed by atoms with Gasteiger partial charge in [-0.05, 0) is 23.1 Å². The van der Waals surface area contributed by atoms with Gasteiger partial charge < -0.3 is 9.84 Å². The number of phenols is 1. The molecule has 0 amide bonds. The first kappa shape index (κ1) is 11.4. The van der Waals surface area contributed by atoms with Crippen molar-refractivity contribution in [3.8, 4) is 17.6 Å². The predicted molar refractivity (Wildman–Crippen MR) is 58.1 cm³/mol. The lowest BCUT2D eigenvalue weighted by molar-refractivity contribution is 0.371. The lowest BCUT2D eigenvalue weighted by atomic mass is 9.86. The van der Waals surface area contributed by atoms with Crippen molar-refractivity contribution in [2.45, 2.75) is 26.2 Å². The van der Waals surface area contributed by atoms with Crippen molar-refractivity contribution in [1.29, 1.82) is 5.26 Å². The van der Waals surface area contributed by atoms with Crippen LogP contribution >= 0.6 is 0 Å². The van der Waals surface area contributed by atoms with Gasteiger partial charge >= 0.3 is 0 Å². The largest absolute Gasteiger partial charge is 0.504 e. The van der Waals surface area contributed by atoms with E-state index >= 15 is 0 Å². The van der Waals surface area contributed by atoms with Crippen LogP contribution in [-0.2, 0) is 5.41 Å². The quantitative estimate of drug-likeness (QED) is 0.766. The number of rotatable bonds is 1. The number of benzene rings is 1. The molecule has 0 heterocycles. The topological polar surface area (TPSA) is 53.2 Å². The molecule has 3 nitrogen and oxygen atoms in total. The van der Waals surface area contributed by atoms with Gasteiger partial charge in [0.05, 0.1) is 12.7 Å². The fourth-order valence-corrected chi connectivity index (χ4v) is 1.34. The Labute approximate surface area is 89.9 Å². The number of ether oxygens (including phenoxy) is 1. The second-order valence-corrected chi connectivity index (χ2v) is 4.44. The molecule has 0 radical (unpaired) electrons. The van der Waals surface area contributed by atoms with Gasteiger partial charge in [0.2, 0.25) is 0 Å². The minimum Gasteiger partial charge on any atom is -0.504 e. The minimum absolute atomic E-state index is 0.0153. The van der Waals surface area contributed by atoms with E-state index in [2.05, 4.69) is 0 Å². The van der Waals surface area contributed by atoms with E-state index < -0.39 is 0 Å². The van der Waals surface area contributed by atoms with Crippen LogP contribution in [0.3, 0.4) is 0 Å². The molecule has 0 fully saturated rings. The first-order valence-corrected chi connectivity index (χ1v) is 4.71. The molecule has 0 aliphatic carbocycles. The number of aromatic hydroxyl groups is 1. The molecule has 0 bridgehead atoms. The molecule has 15 heavy (non-hydrogen) atoms. The van der Waals surface area contributed by atoms with Gasteiger partial charge in [0.25, 0.3) is 0 Å². The highest BCUT2D eigenvalue weighted by atomic mass is 16.5. The van der Waals surface area contributed by atoms with Gasteiger partial charge in [0.15, 0.2) is 11.5 Å². The molecule has 0 saturated carbocycles. The zero-order valence-corrected chi connectivity index (χ0v) is 9.46. The van der Waals surface area contributed by atoms with Crippen molar-refractivity contribution in [3.63, 3.8) is 0 Å². The molecular formula is C12H15NO2. The van der Waals surface area contributed by atoms with E-state index in [1.54, 1.807) is 12.1 Å². The average molecular weight is 205 g/mol. The maximum atomic E-state index is 9.69. The summed E-state index contributed by atoms with van der Waals surface area (Å²) in [5.41, 5.74) is 1.18. The second kappa shape index (κ2) is 3.82. The molecule has 80 valence electrons. The van der Waals surface area contributed by atoms with Crippen molar-refractivity contribution in [3.05, 3.63) is 23.3 Å². The lowest BCUT2D eigenvalue weighted by Gasteiger charge is -2.20. The van der Waals surface area contributed by atoms with Crippen molar-refractivity contribution in [2.75, 3.05) is 7.11 Å². The zero-order chi connectivity index (χ0) is 11.6. The Bertz CT molecular complexity index is 411. The molecule has 0 atom stereocenters. The van der Waals surface area contributed by atoms with Gasteiger partial charge in [-0.1, -0.05) is 20.8 Å². The van der Waals surface area contributed by atoms with Gasteiger partial charge in [-0.3, -0.25) is 0 Å². The van der Waals surface area contributed by atoms with Gasteiger partial charge in [-0.15, -0.1) is 0 Å². The van der Waals surface area contributed by atoms with Crippen molar-refractivity contribution in [1.82, 2.24) is 0 Å². The Morgan fingerprint density at radius 3 is 2.33 bits per heavy atom. The molecule has 0 aliphatic rings. The van der Waals surface area contributed by atoms with Crippen LogP contribution in [0.4, 0.5) is 0 Å². The highest BCUT2D eigenvalue weighted by Crippen LogP contribution is 2.35. The number of hydrogen-bond acceptors (Lipinski definition) is 3. The molecule has 1 rings (SSSR count). The molecule has 0 unspecified atom stereocenters. The average Bonchev–Trinajstić information content (AvgIpc) is 2.15. The van der Waals surface area contributed by atoms with Crippen molar-refractivity contribution in [2.24, 2.45) is 0 Å². The molecule has 0 saturated heterocycles. The SMILES string of the molecule is COc1c(O)cc(C(C)(C)C)cc1C#N. The third-order valence-corrected chi connectivity index (χ3v) is 2.26. The number of methoxy groups -OCH3 is 1. The summed E-state index contributed by atoms with van der Waals surface area (Å²) >= 11 is 0. The Morgan fingerprint density at radius 1 is 1.33 bits per heavy atom. The molecule has 1 aromatic rings. The fraction of sp³-hybridized carbons (Fsp3) is 0.417. The molecule has 1 aromatic carbocycles. The Balaban J connectivity index is 3.41. The molecule has 0 aliphatic heterocycles. The summed E-state index contributed by atoms with van der Waals surface area (Å²) in [5, 5.41) is 18.6. The highest BCUT2D eigenvalue weighted by Gasteiger charge is 2.18.